The Morgan fingerprint density at radius 3 is 2.57 bits per heavy atom. The molecular weight excluding hydrogens is 356 g/mol. The van der Waals surface area contributed by atoms with Crippen LogP contribution in [0.25, 0.3) is 0 Å². The number of aryl methyl sites for hydroxylation is 1. The second-order valence-corrected chi connectivity index (χ2v) is 7.90. The third-order valence-electron chi connectivity index (χ3n) is 5.74. The Hall–Kier alpha value is -2.96. The predicted molar refractivity (Wildman–Crippen MR) is 104 cm³/mol. The quantitative estimate of drug-likeness (QED) is 0.790. The van der Waals surface area contributed by atoms with Crippen molar-refractivity contribution in [3.63, 3.8) is 0 Å². The highest BCUT2D eigenvalue weighted by Crippen LogP contribution is 2.41. The fraction of sp³-hybridized carbons (Fsp3) is 0.429. The first-order valence-corrected chi connectivity index (χ1v) is 9.52. The molecule has 7 nitrogen and oxygen atoms in total. The summed E-state index contributed by atoms with van der Waals surface area (Å²) in [4.78, 5) is 46.3. The SMILES string of the molecule is Cc1cccc(C(=O)N2C[C@H]3C[C@@H](C2)[C@H](C(=O)N(C)C)n2c3cccc2=O)n1. The van der Waals surface area contributed by atoms with Crippen molar-refractivity contribution in [2.45, 2.75) is 25.3 Å². The molecule has 2 aliphatic heterocycles. The van der Waals surface area contributed by atoms with E-state index in [1.165, 1.54) is 11.0 Å². The molecule has 28 heavy (non-hydrogen) atoms. The van der Waals surface area contributed by atoms with Crippen LogP contribution in [0.5, 0.6) is 0 Å². The number of aromatic nitrogens is 2. The summed E-state index contributed by atoms with van der Waals surface area (Å²) in [7, 11) is 3.40. The van der Waals surface area contributed by atoms with E-state index < -0.39 is 6.04 Å². The number of nitrogens with zero attached hydrogens (tertiary/aromatic N) is 4. The summed E-state index contributed by atoms with van der Waals surface area (Å²) in [6.07, 6.45) is 0.790. The van der Waals surface area contributed by atoms with Crippen LogP contribution in [0.4, 0.5) is 0 Å². The molecule has 2 amide bonds. The van der Waals surface area contributed by atoms with Crippen LogP contribution < -0.4 is 5.56 Å². The van der Waals surface area contributed by atoms with E-state index in [0.717, 1.165) is 17.8 Å². The number of hydrogen-bond donors (Lipinski definition) is 0. The van der Waals surface area contributed by atoms with Crippen LogP contribution in [0, 0.1) is 12.8 Å². The molecule has 0 spiro atoms. The predicted octanol–water partition coefficient (Wildman–Crippen LogP) is 1.44. The number of carbonyl (C=O) groups excluding carboxylic acids is 2. The molecule has 4 heterocycles. The molecule has 0 saturated carbocycles. The summed E-state index contributed by atoms with van der Waals surface area (Å²) in [5.41, 5.74) is 1.88. The van der Waals surface area contributed by atoms with Gasteiger partial charge < -0.3 is 9.80 Å². The van der Waals surface area contributed by atoms with E-state index in [1.54, 1.807) is 35.7 Å². The first kappa shape index (κ1) is 18.4. The highest BCUT2D eigenvalue weighted by molar-refractivity contribution is 5.92. The highest BCUT2D eigenvalue weighted by Gasteiger charge is 2.45. The topological polar surface area (TPSA) is 75.5 Å². The second-order valence-electron chi connectivity index (χ2n) is 7.90. The van der Waals surface area contributed by atoms with E-state index >= 15 is 0 Å². The van der Waals surface area contributed by atoms with E-state index in [2.05, 4.69) is 4.98 Å². The fourth-order valence-electron chi connectivity index (χ4n) is 4.51. The van der Waals surface area contributed by atoms with Gasteiger partial charge in [0.1, 0.15) is 11.7 Å². The van der Waals surface area contributed by atoms with Crippen LogP contribution in [0.15, 0.2) is 41.2 Å². The Labute approximate surface area is 163 Å². The van der Waals surface area contributed by atoms with E-state index in [-0.39, 0.29) is 29.2 Å². The standard InChI is InChI=1S/C21H24N4O3/c1-13-6-4-7-16(22-13)20(27)24-11-14-10-15(12-24)19(21(28)23(2)3)25-17(14)8-5-9-18(25)26/h4-9,14-15,19H,10-12H2,1-3H3/t14-,15+,19-/m1/s1. The molecule has 0 radical (unpaired) electrons. The molecule has 146 valence electrons. The van der Waals surface area contributed by atoms with Crippen molar-refractivity contribution in [2.75, 3.05) is 27.2 Å². The lowest BCUT2D eigenvalue weighted by Crippen LogP contribution is -2.54. The molecule has 0 N–H and O–H groups in total. The van der Waals surface area contributed by atoms with Crippen LogP contribution in [0.2, 0.25) is 0 Å². The fourth-order valence-corrected chi connectivity index (χ4v) is 4.51. The molecule has 2 bridgehead atoms. The van der Waals surface area contributed by atoms with Gasteiger partial charge in [-0.2, -0.15) is 0 Å². The van der Waals surface area contributed by atoms with Gasteiger partial charge in [-0.15, -0.1) is 0 Å². The summed E-state index contributed by atoms with van der Waals surface area (Å²) in [6, 6.07) is 9.95. The van der Waals surface area contributed by atoms with Gasteiger partial charge in [-0.05, 0) is 31.5 Å². The number of fused-ring (bicyclic) bond motifs is 4. The Bertz CT molecular complexity index is 997. The molecule has 2 aromatic rings. The zero-order valence-electron chi connectivity index (χ0n) is 16.3. The number of carbonyl (C=O) groups is 2. The van der Waals surface area contributed by atoms with Crippen LogP contribution in [-0.4, -0.2) is 58.4 Å². The summed E-state index contributed by atoms with van der Waals surface area (Å²) in [5.74, 6) is -0.301. The molecule has 1 saturated heterocycles. The van der Waals surface area contributed by atoms with Crippen LogP contribution >= 0.6 is 0 Å². The van der Waals surface area contributed by atoms with Crippen molar-refractivity contribution in [1.82, 2.24) is 19.4 Å². The largest absolute Gasteiger partial charge is 0.347 e. The number of amides is 2. The third-order valence-corrected chi connectivity index (χ3v) is 5.74. The number of pyridine rings is 2. The molecule has 0 aromatic carbocycles. The zero-order valence-corrected chi connectivity index (χ0v) is 16.3. The third kappa shape index (κ3) is 3.00. The van der Waals surface area contributed by atoms with E-state index in [4.69, 9.17) is 0 Å². The summed E-state index contributed by atoms with van der Waals surface area (Å²) >= 11 is 0. The average Bonchev–Trinajstić information content (AvgIpc) is 2.67. The average molecular weight is 380 g/mol. The van der Waals surface area contributed by atoms with Crippen molar-refractivity contribution in [3.05, 3.63) is 63.8 Å². The zero-order chi connectivity index (χ0) is 20.0. The van der Waals surface area contributed by atoms with Gasteiger partial charge in [0.15, 0.2) is 0 Å². The highest BCUT2D eigenvalue weighted by atomic mass is 16.2. The van der Waals surface area contributed by atoms with Gasteiger partial charge in [-0.1, -0.05) is 12.1 Å². The number of likely N-dealkylation sites (N-methyl/N-ethyl adjacent to an activating group) is 1. The normalized spacial score (nSPS) is 23.1. The van der Waals surface area contributed by atoms with Crippen molar-refractivity contribution >= 4 is 11.8 Å². The lowest BCUT2D eigenvalue weighted by atomic mass is 9.78. The molecule has 2 aromatic heterocycles. The molecule has 0 unspecified atom stereocenters. The molecule has 7 heteroatoms. The summed E-state index contributed by atoms with van der Waals surface area (Å²) in [6.45, 7) is 2.82. The van der Waals surface area contributed by atoms with Crippen LogP contribution in [-0.2, 0) is 4.79 Å². The Kier molecular flexibility index (Phi) is 4.53. The molecule has 0 aliphatic carbocycles. The maximum Gasteiger partial charge on any atom is 0.272 e. The van der Waals surface area contributed by atoms with Gasteiger partial charge >= 0.3 is 0 Å². The van der Waals surface area contributed by atoms with Gasteiger partial charge in [0.2, 0.25) is 5.91 Å². The molecule has 2 aliphatic rings. The van der Waals surface area contributed by atoms with Crippen molar-refractivity contribution < 1.29 is 9.59 Å². The molecule has 4 rings (SSSR count). The van der Waals surface area contributed by atoms with Gasteiger partial charge in [0.25, 0.3) is 11.5 Å². The van der Waals surface area contributed by atoms with E-state index in [1.807, 2.05) is 25.1 Å². The van der Waals surface area contributed by atoms with Crippen molar-refractivity contribution in [3.8, 4) is 0 Å². The van der Waals surface area contributed by atoms with Gasteiger partial charge in [-0.25, -0.2) is 4.98 Å². The van der Waals surface area contributed by atoms with Gasteiger partial charge in [0, 0.05) is 56.5 Å². The molecule has 1 fully saturated rings. The first-order chi connectivity index (χ1) is 13.4. The van der Waals surface area contributed by atoms with Crippen LogP contribution in [0.3, 0.4) is 0 Å². The smallest absolute Gasteiger partial charge is 0.272 e. The summed E-state index contributed by atoms with van der Waals surface area (Å²) in [5, 5.41) is 0. The van der Waals surface area contributed by atoms with E-state index in [9.17, 15) is 14.4 Å². The molecule has 3 atom stereocenters. The number of piperidine rings is 1. The number of hydrogen-bond acceptors (Lipinski definition) is 4. The van der Waals surface area contributed by atoms with Crippen molar-refractivity contribution in [1.29, 1.82) is 0 Å². The monoisotopic (exact) mass is 380 g/mol. The minimum absolute atomic E-state index is 0.0348. The second kappa shape index (κ2) is 6.89. The molecular formula is C21H24N4O3. The van der Waals surface area contributed by atoms with Gasteiger partial charge in [-0.3, -0.25) is 19.0 Å². The van der Waals surface area contributed by atoms with E-state index in [0.29, 0.717) is 18.8 Å². The van der Waals surface area contributed by atoms with Crippen molar-refractivity contribution in [2.24, 2.45) is 5.92 Å². The Balaban J connectivity index is 1.74. The lowest BCUT2D eigenvalue weighted by Gasteiger charge is -2.46. The number of rotatable bonds is 2. The Morgan fingerprint density at radius 1 is 1.11 bits per heavy atom. The van der Waals surface area contributed by atoms with Gasteiger partial charge in [0.05, 0.1) is 0 Å². The minimum Gasteiger partial charge on any atom is -0.347 e. The maximum absolute atomic E-state index is 13.1. The maximum atomic E-state index is 13.1. The Morgan fingerprint density at radius 2 is 1.86 bits per heavy atom. The first-order valence-electron chi connectivity index (χ1n) is 9.52. The summed E-state index contributed by atoms with van der Waals surface area (Å²) < 4.78 is 1.65. The minimum atomic E-state index is -0.587. The lowest BCUT2D eigenvalue weighted by molar-refractivity contribution is -0.135. The number of likely N-dealkylation sites (tertiary alicyclic amines) is 1. The van der Waals surface area contributed by atoms with Crippen LogP contribution in [0.1, 0.15) is 40.3 Å².